The lowest BCUT2D eigenvalue weighted by Gasteiger charge is -2.22. The lowest BCUT2D eigenvalue weighted by molar-refractivity contribution is 0.676. The highest BCUT2D eigenvalue weighted by atomic mass is 32.2. The van der Waals surface area contributed by atoms with Crippen LogP contribution in [0.5, 0.6) is 0 Å². The molecule has 1 unspecified atom stereocenters. The van der Waals surface area contributed by atoms with Crippen LogP contribution in [-0.2, 0) is 0 Å². The van der Waals surface area contributed by atoms with Crippen molar-refractivity contribution in [2.45, 2.75) is 51.2 Å². The first-order valence-corrected chi connectivity index (χ1v) is 8.37. The van der Waals surface area contributed by atoms with Gasteiger partial charge in [-0.3, -0.25) is 0 Å². The second-order valence-electron chi connectivity index (χ2n) is 5.57. The molecule has 1 atom stereocenters. The Hall–Kier alpha value is -1.01. The van der Waals surface area contributed by atoms with Crippen LogP contribution in [0.2, 0.25) is 0 Å². The summed E-state index contributed by atoms with van der Waals surface area (Å²) in [6.07, 6.45) is 3.99. The van der Waals surface area contributed by atoms with Gasteiger partial charge in [0.05, 0.1) is 0 Å². The summed E-state index contributed by atoms with van der Waals surface area (Å²) in [4.78, 5) is 9.09. The highest BCUT2D eigenvalue weighted by Crippen LogP contribution is 2.27. The van der Waals surface area contributed by atoms with Gasteiger partial charge in [-0.2, -0.15) is 11.8 Å². The average molecular weight is 295 g/mol. The standard InChI is InChI=1S/C14H25N5S/c1-9(2)12-17-13(10(3)14(18-12)19-15)16-8-11-6-4-5-7-20-11/h9,11H,4-8,15H2,1-3H3,(H2,16,17,18,19). The topological polar surface area (TPSA) is 75.9 Å². The first-order valence-electron chi connectivity index (χ1n) is 7.32. The maximum absolute atomic E-state index is 5.56. The van der Waals surface area contributed by atoms with Gasteiger partial charge in [-0.25, -0.2) is 15.8 Å². The van der Waals surface area contributed by atoms with E-state index in [2.05, 4.69) is 46.3 Å². The molecule has 0 aliphatic carbocycles. The molecule has 0 aromatic carbocycles. The van der Waals surface area contributed by atoms with Gasteiger partial charge in [-0.15, -0.1) is 0 Å². The zero-order valence-corrected chi connectivity index (χ0v) is 13.4. The predicted octanol–water partition coefficient (Wildman–Crippen LogP) is 2.89. The normalized spacial score (nSPS) is 19.1. The summed E-state index contributed by atoms with van der Waals surface area (Å²) in [7, 11) is 0. The quantitative estimate of drug-likeness (QED) is 0.573. The lowest BCUT2D eigenvalue weighted by Crippen LogP contribution is -2.22. The fourth-order valence-corrected chi connectivity index (χ4v) is 3.52. The van der Waals surface area contributed by atoms with Crippen LogP contribution in [0.3, 0.4) is 0 Å². The van der Waals surface area contributed by atoms with E-state index < -0.39 is 0 Å². The van der Waals surface area contributed by atoms with Crippen LogP contribution >= 0.6 is 11.8 Å². The number of nitrogens with two attached hydrogens (primary N) is 1. The summed E-state index contributed by atoms with van der Waals surface area (Å²) < 4.78 is 0. The summed E-state index contributed by atoms with van der Waals surface area (Å²) in [5.41, 5.74) is 3.66. The Bertz CT molecular complexity index is 443. The molecule has 0 amide bonds. The van der Waals surface area contributed by atoms with Crippen LogP contribution in [-0.4, -0.2) is 27.5 Å². The zero-order valence-electron chi connectivity index (χ0n) is 12.6. The summed E-state index contributed by atoms with van der Waals surface area (Å²) in [6.45, 7) is 7.14. The number of thioether (sulfide) groups is 1. The van der Waals surface area contributed by atoms with Gasteiger partial charge in [0, 0.05) is 23.3 Å². The molecule has 0 saturated carbocycles. The van der Waals surface area contributed by atoms with E-state index in [9.17, 15) is 0 Å². The van der Waals surface area contributed by atoms with Gasteiger partial charge >= 0.3 is 0 Å². The Balaban J connectivity index is 2.10. The van der Waals surface area contributed by atoms with E-state index in [1.165, 1.54) is 25.0 Å². The zero-order chi connectivity index (χ0) is 14.5. The predicted molar refractivity (Wildman–Crippen MR) is 87.3 cm³/mol. The highest BCUT2D eigenvalue weighted by Gasteiger charge is 2.16. The third kappa shape index (κ3) is 3.76. The molecule has 1 aromatic rings. The summed E-state index contributed by atoms with van der Waals surface area (Å²) in [5.74, 6) is 9.56. The molecule has 1 aliphatic rings. The second-order valence-corrected chi connectivity index (χ2v) is 6.98. The van der Waals surface area contributed by atoms with E-state index in [1.54, 1.807) is 0 Å². The van der Waals surface area contributed by atoms with Gasteiger partial charge in [-0.1, -0.05) is 20.3 Å². The van der Waals surface area contributed by atoms with Crippen LogP contribution in [0.15, 0.2) is 0 Å². The minimum atomic E-state index is 0.285. The Morgan fingerprint density at radius 3 is 2.65 bits per heavy atom. The van der Waals surface area contributed by atoms with Crippen molar-refractivity contribution in [3.63, 3.8) is 0 Å². The van der Waals surface area contributed by atoms with Crippen molar-refractivity contribution in [2.75, 3.05) is 23.0 Å². The van der Waals surface area contributed by atoms with Crippen LogP contribution < -0.4 is 16.6 Å². The molecule has 0 spiro atoms. The number of rotatable bonds is 5. The van der Waals surface area contributed by atoms with Gasteiger partial charge in [0.1, 0.15) is 17.5 Å². The van der Waals surface area contributed by atoms with E-state index in [0.29, 0.717) is 11.1 Å². The minimum Gasteiger partial charge on any atom is -0.369 e. The third-order valence-corrected chi connectivity index (χ3v) is 4.99. The molecular formula is C14H25N5S. The van der Waals surface area contributed by atoms with Gasteiger partial charge < -0.3 is 10.7 Å². The number of anilines is 2. The SMILES string of the molecule is Cc1c(NN)nc(C(C)C)nc1NCC1CCCCS1. The lowest BCUT2D eigenvalue weighted by atomic mass is 10.2. The van der Waals surface area contributed by atoms with Crippen molar-refractivity contribution in [1.29, 1.82) is 0 Å². The number of hydrazine groups is 1. The van der Waals surface area contributed by atoms with Crippen LogP contribution in [0.25, 0.3) is 0 Å². The first kappa shape index (κ1) is 15.4. The van der Waals surface area contributed by atoms with Gasteiger partial charge in [-0.05, 0) is 25.5 Å². The average Bonchev–Trinajstić information content (AvgIpc) is 2.47. The molecule has 1 aliphatic heterocycles. The monoisotopic (exact) mass is 295 g/mol. The summed E-state index contributed by atoms with van der Waals surface area (Å²) in [6, 6.07) is 0. The fraction of sp³-hybridized carbons (Fsp3) is 0.714. The number of hydrogen-bond donors (Lipinski definition) is 3. The van der Waals surface area contributed by atoms with Crippen molar-refractivity contribution in [1.82, 2.24) is 9.97 Å². The van der Waals surface area contributed by atoms with Crippen LogP contribution in [0.1, 0.15) is 50.4 Å². The Kier molecular flexibility index (Phi) is 5.48. The number of nitrogen functional groups attached to an aromatic ring is 1. The number of nitrogens with zero attached hydrogens (tertiary/aromatic N) is 2. The molecule has 20 heavy (non-hydrogen) atoms. The maximum atomic E-state index is 5.56. The third-order valence-electron chi connectivity index (χ3n) is 3.59. The molecule has 2 rings (SSSR count). The van der Waals surface area contributed by atoms with Gasteiger partial charge in [0.25, 0.3) is 0 Å². The number of aromatic nitrogens is 2. The number of nitrogens with one attached hydrogen (secondary N) is 2. The molecule has 1 aromatic heterocycles. The molecule has 1 fully saturated rings. The molecule has 112 valence electrons. The molecule has 0 radical (unpaired) electrons. The summed E-state index contributed by atoms with van der Waals surface area (Å²) >= 11 is 2.06. The Morgan fingerprint density at radius 1 is 1.30 bits per heavy atom. The van der Waals surface area contributed by atoms with Crippen LogP contribution in [0.4, 0.5) is 11.6 Å². The van der Waals surface area contributed by atoms with Crippen molar-refractivity contribution in [3.8, 4) is 0 Å². The highest BCUT2D eigenvalue weighted by molar-refractivity contribution is 7.99. The summed E-state index contributed by atoms with van der Waals surface area (Å²) in [5, 5.41) is 4.17. The smallest absolute Gasteiger partial charge is 0.148 e. The fourth-order valence-electron chi connectivity index (χ4n) is 2.28. The van der Waals surface area contributed by atoms with Gasteiger partial charge in [0.15, 0.2) is 0 Å². The molecule has 1 saturated heterocycles. The number of hydrogen-bond acceptors (Lipinski definition) is 6. The second kappa shape index (κ2) is 7.13. The van der Waals surface area contributed by atoms with E-state index in [4.69, 9.17) is 5.84 Å². The Labute approximate surface area is 125 Å². The van der Waals surface area contributed by atoms with Crippen molar-refractivity contribution < 1.29 is 0 Å². The molecular weight excluding hydrogens is 270 g/mol. The van der Waals surface area contributed by atoms with Crippen molar-refractivity contribution in [3.05, 3.63) is 11.4 Å². The minimum absolute atomic E-state index is 0.285. The molecule has 0 bridgehead atoms. The van der Waals surface area contributed by atoms with E-state index in [1.807, 2.05) is 6.92 Å². The Morgan fingerprint density at radius 2 is 2.05 bits per heavy atom. The molecule has 2 heterocycles. The van der Waals surface area contributed by atoms with E-state index >= 15 is 0 Å². The van der Waals surface area contributed by atoms with Gasteiger partial charge in [0.2, 0.25) is 0 Å². The van der Waals surface area contributed by atoms with Crippen LogP contribution in [0, 0.1) is 6.92 Å². The molecule has 4 N–H and O–H groups in total. The first-order chi connectivity index (χ1) is 9.61. The van der Waals surface area contributed by atoms with E-state index in [0.717, 1.165) is 23.8 Å². The maximum Gasteiger partial charge on any atom is 0.148 e. The largest absolute Gasteiger partial charge is 0.369 e. The van der Waals surface area contributed by atoms with Crippen molar-refractivity contribution in [2.24, 2.45) is 5.84 Å². The molecule has 5 nitrogen and oxygen atoms in total. The van der Waals surface area contributed by atoms with E-state index in [-0.39, 0.29) is 5.92 Å². The van der Waals surface area contributed by atoms with Crippen molar-refractivity contribution >= 4 is 23.4 Å². The molecule has 6 heteroatoms.